The monoisotopic (exact) mass is 212 g/mol. The van der Waals surface area contributed by atoms with Crippen LogP contribution in [-0.4, -0.2) is 25.2 Å². The normalized spacial score (nSPS) is 14.9. The largest absolute Gasteiger partial charge is 0.379 e. The molecule has 0 bridgehead atoms. The number of nitrogens with zero attached hydrogens (tertiary/aromatic N) is 1. The summed E-state index contributed by atoms with van der Waals surface area (Å²) >= 11 is 0. The molecule has 1 heterocycles. The van der Waals surface area contributed by atoms with Gasteiger partial charge in [-0.25, -0.2) is 4.39 Å². The molecule has 4 heteroatoms. The Morgan fingerprint density at radius 2 is 2.33 bits per heavy atom. The van der Waals surface area contributed by atoms with Crippen molar-refractivity contribution >= 4 is 0 Å². The molecule has 0 saturated heterocycles. The van der Waals surface area contributed by atoms with Crippen LogP contribution in [0.3, 0.4) is 0 Å². The summed E-state index contributed by atoms with van der Waals surface area (Å²) < 4.78 is 18.8. The van der Waals surface area contributed by atoms with Gasteiger partial charge in [-0.1, -0.05) is 6.92 Å². The Labute approximate surface area is 89.7 Å². The lowest BCUT2D eigenvalue weighted by molar-refractivity contribution is 0.0664. The van der Waals surface area contributed by atoms with E-state index in [2.05, 4.69) is 10.3 Å². The summed E-state index contributed by atoms with van der Waals surface area (Å²) in [5.41, 5.74) is 0.598. The summed E-state index contributed by atoms with van der Waals surface area (Å²) in [6, 6.07) is 1.54. The number of rotatable bonds is 5. The molecule has 1 aromatic heterocycles. The molecule has 2 unspecified atom stereocenters. The molecule has 0 aliphatic carbocycles. The second kappa shape index (κ2) is 5.78. The van der Waals surface area contributed by atoms with E-state index < -0.39 is 0 Å². The Balaban J connectivity index is 2.96. The molecule has 1 rings (SSSR count). The first kappa shape index (κ1) is 12.1. The van der Waals surface area contributed by atoms with E-state index in [4.69, 9.17) is 4.74 Å². The van der Waals surface area contributed by atoms with Crippen molar-refractivity contribution in [1.29, 1.82) is 0 Å². The van der Waals surface area contributed by atoms with Crippen molar-refractivity contribution in [3.05, 3.63) is 29.8 Å². The van der Waals surface area contributed by atoms with Gasteiger partial charge in [0.25, 0.3) is 0 Å². The van der Waals surface area contributed by atoms with Gasteiger partial charge in [0.1, 0.15) is 5.82 Å². The van der Waals surface area contributed by atoms with E-state index in [9.17, 15) is 4.39 Å². The topological polar surface area (TPSA) is 34.1 Å². The van der Waals surface area contributed by atoms with Gasteiger partial charge < -0.3 is 10.1 Å². The molecule has 2 atom stereocenters. The summed E-state index contributed by atoms with van der Waals surface area (Å²) in [5, 5.41) is 3.07. The predicted octanol–water partition coefficient (Wildman–Crippen LogP) is 1.91. The van der Waals surface area contributed by atoms with Gasteiger partial charge in [0.2, 0.25) is 0 Å². The average Bonchev–Trinajstić information content (AvgIpc) is 2.27. The minimum Gasteiger partial charge on any atom is -0.379 e. The molecule has 0 saturated carbocycles. The third-order valence-electron chi connectivity index (χ3n) is 2.53. The molecule has 3 nitrogen and oxygen atoms in total. The van der Waals surface area contributed by atoms with Crippen LogP contribution >= 0.6 is 0 Å². The van der Waals surface area contributed by atoms with Crippen molar-refractivity contribution in [2.75, 3.05) is 14.2 Å². The molecule has 0 amide bonds. The highest BCUT2D eigenvalue weighted by atomic mass is 19.1. The van der Waals surface area contributed by atoms with Crippen molar-refractivity contribution in [2.24, 2.45) is 0 Å². The molecule has 0 radical (unpaired) electrons. The summed E-state index contributed by atoms with van der Waals surface area (Å²) in [7, 11) is 3.43. The van der Waals surface area contributed by atoms with E-state index in [0.717, 1.165) is 6.42 Å². The quantitative estimate of drug-likeness (QED) is 0.809. The van der Waals surface area contributed by atoms with Gasteiger partial charge in [0.15, 0.2) is 0 Å². The predicted molar refractivity (Wildman–Crippen MR) is 57.1 cm³/mol. The number of hydrogen-bond donors (Lipinski definition) is 1. The number of hydrogen-bond acceptors (Lipinski definition) is 3. The van der Waals surface area contributed by atoms with Crippen LogP contribution in [-0.2, 0) is 4.74 Å². The van der Waals surface area contributed by atoms with Crippen LogP contribution < -0.4 is 5.32 Å². The van der Waals surface area contributed by atoms with E-state index in [0.29, 0.717) is 5.56 Å². The molecule has 0 fully saturated rings. The molecule has 15 heavy (non-hydrogen) atoms. The molecule has 0 spiro atoms. The fourth-order valence-corrected chi connectivity index (χ4v) is 1.72. The summed E-state index contributed by atoms with van der Waals surface area (Å²) in [6.45, 7) is 2.01. The fourth-order valence-electron chi connectivity index (χ4n) is 1.72. The standard InChI is InChI=1S/C11H17FN2O/c1-4-10(15-3)11(13-2)8-5-6-14-7-9(8)12/h5-7,10-11,13H,4H2,1-3H3. The Bertz CT molecular complexity index is 302. The Hall–Kier alpha value is -1.00. The lowest BCUT2D eigenvalue weighted by atomic mass is 10.0. The highest BCUT2D eigenvalue weighted by molar-refractivity contribution is 5.18. The van der Waals surface area contributed by atoms with Crippen LogP contribution in [0.4, 0.5) is 4.39 Å². The van der Waals surface area contributed by atoms with Crippen molar-refractivity contribution in [2.45, 2.75) is 25.5 Å². The molecular weight excluding hydrogens is 195 g/mol. The molecule has 0 aromatic carbocycles. The summed E-state index contributed by atoms with van der Waals surface area (Å²) in [6.07, 6.45) is 3.60. The van der Waals surface area contributed by atoms with Gasteiger partial charge in [-0.3, -0.25) is 4.98 Å². The Morgan fingerprint density at radius 1 is 1.60 bits per heavy atom. The van der Waals surface area contributed by atoms with Crippen LogP contribution in [0, 0.1) is 5.82 Å². The van der Waals surface area contributed by atoms with Crippen molar-refractivity contribution in [3.8, 4) is 0 Å². The lowest BCUT2D eigenvalue weighted by Crippen LogP contribution is -2.31. The first-order valence-corrected chi connectivity index (χ1v) is 5.04. The zero-order chi connectivity index (χ0) is 11.3. The minimum atomic E-state index is -0.299. The molecular formula is C11H17FN2O. The van der Waals surface area contributed by atoms with Crippen LogP contribution in [0.15, 0.2) is 18.5 Å². The SMILES string of the molecule is CCC(OC)C(NC)c1ccncc1F. The zero-order valence-corrected chi connectivity index (χ0v) is 9.33. The Kier molecular flexibility index (Phi) is 4.65. The number of aromatic nitrogens is 1. The zero-order valence-electron chi connectivity index (χ0n) is 9.33. The van der Waals surface area contributed by atoms with E-state index in [1.54, 1.807) is 26.4 Å². The van der Waals surface area contributed by atoms with E-state index in [1.807, 2.05) is 6.92 Å². The summed E-state index contributed by atoms with van der Waals surface area (Å²) in [4.78, 5) is 3.73. The molecule has 0 aliphatic rings. The first-order chi connectivity index (χ1) is 7.24. The maximum atomic E-state index is 13.5. The van der Waals surface area contributed by atoms with Gasteiger partial charge in [-0.2, -0.15) is 0 Å². The molecule has 1 aromatic rings. The van der Waals surface area contributed by atoms with E-state index in [1.165, 1.54) is 6.20 Å². The fraction of sp³-hybridized carbons (Fsp3) is 0.545. The molecule has 0 aliphatic heterocycles. The molecule has 1 N–H and O–H groups in total. The number of pyridine rings is 1. The van der Waals surface area contributed by atoms with Crippen LogP contribution in [0.25, 0.3) is 0 Å². The molecule has 84 valence electrons. The smallest absolute Gasteiger partial charge is 0.146 e. The second-order valence-electron chi connectivity index (χ2n) is 3.35. The number of halogens is 1. The summed E-state index contributed by atoms with van der Waals surface area (Å²) in [5.74, 6) is -0.299. The third kappa shape index (κ3) is 2.73. The van der Waals surface area contributed by atoms with Gasteiger partial charge in [0.05, 0.1) is 18.3 Å². The Morgan fingerprint density at radius 3 is 2.80 bits per heavy atom. The maximum absolute atomic E-state index is 13.5. The third-order valence-corrected chi connectivity index (χ3v) is 2.53. The van der Waals surface area contributed by atoms with Crippen molar-refractivity contribution in [3.63, 3.8) is 0 Å². The number of ether oxygens (including phenoxy) is 1. The van der Waals surface area contributed by atoms with Gasteiger partial charge >= 0.3 is 0 Å². The average molecular weight is 212 g/mol. The van der Waals surface area contributed by atoms with Crippen molar-refractivity contribution < 1.29 is 9.13 Å². The van der Waals surface area contributed by atoms with Gasteiger partial charge in [0, 0.05) is 18.9 Å². The highest BCUT2D eigenvalue weighted by Gasteiger charge is 2.22. The van der Waals surface area contributed by atoms with Gasteiger partial charge in [-0.15, -0.1) is 0 Å². The lowest BCUT2D eigenvalue weighted by Gasteiger charge is -2.25. The van der Waals surface area contributed by atoms with E-state index in [-0.39, 0.29) is 18.0 Å². The van der Waals surface area contributed by atoms with E-state index >= 15 is 0 Å². The van der Waals surface area contributed by atoms with Crippen LogP contribution in [0.1, 0.15) is 24.9 Å². The van der Waals surface area contributed by atoms with Crippen LogP contribution in [0.2, 0.25) is 0 Å². The highest BCUT2D eigenvalue weighted by Crippen LogP contribution is 2.22. The number of nitrogens with one attached hydrogen (secondary N) is 1. The number of likely N-dealkylation sites (N-methyl/N-ethyl adjacent to an activating group) is 1. The van der Waals surface area contributed by atoms with Crippen molar-refractivity contribution in [1.82, 2.24) is 10.3 Å². The second-order valence-corrected chi connectivity index (χ2v) is 3.35. The first-order valence-electron chi connectivity index (χ1n) is 5.04. The minimum absolute atomic E-state index is 0.0353. The number of methoxy groups -OCH3 is 1. The van der Waals surface area contributed by atoms with Crippen LogP contribution in [0.5, 0.6) is 0 Å². The van der Waals surface area contributed by atoms with Gasteiger partial charge in [-0.05, 0) is 19.5 Å². The maximum Gasteiger partial charge on any atom is 0.146 e.